The third kappa shape index (κ3) is 2.43. The van der Waals surface area contributed by atoms with Crippen LogP contribution in [-0.2, 0) is 4.79 Å². The van der Waals surface area contributed by atoms with E-state index in [0.29, 0.717) is 17.1 Å². The number of likely N-dealkylation sites (N-methyl/N-ethyl adjacent to an activating group) is 1. The van der Waals surface area contributed by atoms with E-state index in [2.05, 4.69) is 5.32 Å². The molecule has 0 aliphatic carbocycles. The SMILES string of the molecule is CNC(C(=O)O)c1ccc(OC)cc1OC. The summed E-state index contributed by atoms with van der Waals surface area (Å²) >= 11 is 0. The Hall–Kier alpha value is -1.75. The number of benzene rings is 1. The highest BCUT2D eigenvalue weighted by molar-refractivity contribution is 5.76. The smallest absolute Gasteiger partial charge is 0.325 e. The number of hydrogen-bond acceptors (Lipinski definition) is 4. The molecule has 88 valence electrons. The van der Waals surface area contributed by atoms with Crippen LogP contribution in [0.3, 0.4) is 0 Å². The Morgan fingerprint density at radius 2 is 2.06 bits per heavy atom. The van der Waals surface area contributed by atoms with Gasteiger partial charge in [-0.1, -0.05) is 0 Å². The number of ether oxygens (including phenoxy) is 2. The molecule has 0 heterocycles. The van der Waals surface area contributed by atoms with Crippen LogP contribution in [0.5, 0.6) is 11.5 Å². The summed E-state index contributed by atoms with van der Waals surface area (Å²) in [5, 5.41) is 11.7. The molecule has 1 atom stereocenters. The Bertz CT molecular complexity index is 378. The number of rotatable bonds is 5. The van der Waals surface area contributed by atoms with E-state index < -0.39 is 12.0 Å². The first kappa shape index (κ1) is 12.3. The van der Waals surface area contributed by atoms with E-state index in [0.717, 1.165) is 0 Å². The maximum atomic E-state index is 11.0. The fraction of sp³-hybridized carbons (Fsp3) is 0.364. The molecule has 16 heavy (non-hydrogen) atoms. The van der Waals surface area contributed by atoms with Crippen LogP contribution in [0.4, 0.5) is 0 Å². The quantitative estimate of drug-likeness (QED) is 0.784. The maximum absolute atomic E-state index is 11.0. The molecule has 0 saturated carbocycles. The largest absolute Gasteiger partial charge is 0.497 e. The molecule has 0 amide bonds. The molecule has 1 aromatic carbocycles. The molecule has 0 radical (unpaired) electrons. The number of carbonyl (C=O) groups is 1. The zero-order valence-electron chi connectivity index (χ0n) is 9.48. The molecule has 0 bridgehead atoms. The molecule has 1 aromatic rings. The number of hydrogen-bond donors (Lipinski definition) is 2. The van der Waals surface area contributed by atoms with Crippen LogP contribution in [-0.4, -0.2) is 32.3 Å². The minimum Gasteiger partial charge on any atom is -0.497 e. The van der Waals surface area contributed by atoms with Gasteiger partial charge in [-0.05, 0) is 19.2 Å². The van der Waals surface area contributed by atoms with Crippen LogP contribution in [0.1, 0.15) is 11.6 Å². The average molecular weight is 225 g/mol. The lowest BCUT2D eigenvalue weighted by Gasteiger charge is -2.16. The van der Waals surface area contributed by atoms with Gasteiger partial charge < -0.3 is 19.9 Å². The minimum absolute atomic E-state index is 0.487. The van der Waals surface area contributed by atoms with E-state index in [1.165, 1.54) is 7.11 Å². The average Bonchev–Trinajstić information content (AvgIpc) is 2.29. The van der Waals surface area contributed by atoms with Crippen molar-refractivity contribution in [1.82, 2.24) is 5.32 Å². The van der Waals surface area contributed by atoms with E-state index in [-0.39, 0.29) is 0 Å². The van der Waals surface area contributed by atoms with Crippen LogP contribution in [0.2, 0.25) is 0 Å². The highest BCUT2D eigenvalue weighted by Crippen LogP contribution is 2.29. The molecule has 0 saturated heterocycles. The second-order valence-electron chi connectivity index (χ2n) is 3.17. The standard InChI is InChI=1S/C11H15NO4/c1-12-10(11(13)14)8-5-4-7(15-2)6-9(8)16-3/h4-6,10,12H,1-3H3,(H,13,14). The predicted molar refractivity (Wildman–Crippen MR) is 59.0 cm³/mol. The molecule has 0 aromatic heterocycles. The third-order valence-electron chi connectivity index (χ3n) is 2.29. The number of nitrogens with one attached hydrogen (secondary N) is 1. The van der Waals surface area contributed by atoms with Crippen LogP contribution in [0.15, 0.2) is 18.2 Å². The van der Waals surface area contributed by atoms with Gasteiger partial charge >= 0.3 is 5.97 Å². The van der Waals surface area contributed by atoms with Crippen molar-refractivity contribution in [3.8, 4) is 11.5 Å². The van der Waals surface area contributed by atoms with Crippen molar-refractivity contribution >= 4 is 5.97 Å². The van der Waals surface area contributed by atoms with Gasteiger partial charge in [0.15, 0.2) is 0 Å². The molecular formula is C11H15NO4. The van der Waals surface area contributed by atoms with E-state index in [4.69, 9.17) is 14.6 Å². The lowest BCUT2D eigenvalue weighted by atomic mass is 10.1. The van der Waals surface area contributed by atoms with Gasteiger partial charge in [-0.25, -0.2) is 0 Å². The summed E-state index contributed by atoms with van der Waals surface area (Å²) < 4.78 is 10.2. The summed E-state index contributed by atoms with van der Waals surface area (Å²) in [5.41, 5.74) is 0.568. The maximum Gasteiger partial charge on any atom is 0.325 e. The Balaban J connectivity index is 3.16. The van der Waals surface area contributed by atoms with Crippen molar-refractivity contribution in [2.75, 3.05) is 21.3 Å². The van der Waals surface area contributed by atoms with Gasteiger partial charge in [0.2, 0.25) is 0 Å². The van der Waals surface area contributed by atoms with Crippen molar-refractivity contribution in [3.05, 3.63) is 23.8 Å². The Morgan fingerprint density at radius 3 is 2.50 bits per heavy atom. The predicted octanol–water partition coefficient (Wildman–Crippen LogP) is 1.05. The zero-order chi connectivity index (χ0) is 12.1. The van der Waals surface area contributed by atoms with E-state index in [9.17, 15) is 4.79 Å². The molecule has 0 aliphatic rings. The lowest BCUT2D eigenvalue weighted by Crippen LogP contribution is -2.25. The number of aliphatic carboxylic acids is 1. The first-order chi connectivity index (χ1) is 7.63. The summed E-state index contributed by atoms with van der Waals surface area (Å²) in [6.07, 6.45) is 0. The summed E-state index contributed by atoms with van der Waals surface area (Å²) in [5.74, 6) is 0.160. The molecule has 0 aliphatic heterocycles. The van der Waals surface area contributed by atoms with Crippen molar-refractivity contribution in [2.45, 2.75) is 6.04 Å². The second kappa shape index (κ2) is 5.37. The van der Waals surface area contributed by atoms with Crippen molar-refractivity contribution in [1.29, 1.82) is 0 Å². The fourth-order valence-corrected chi connectivity index (χ4v) is 1.47. The molecule has 0 fully saturated rings. The van der Waals surface area contributed by atoms with Crippen molar-refractivity contribution in [3.63, 3.8) is 0 Å². The van der Waals surface area contributed by atoms with Crippen molar-refractivity contribution in [2.24, 2.45) is 0 Å². The number of carboxylic acids is 1. The van der Waals surface area contributed by atoms with Gasteiger partial charge in [0.25, 0.3) is 0 Å². The molecular weight excluding hydrogens is 210 g/mol. The summed E-state index contributed by atoms with van der Waals surface area (Å²) in [6.45, 7) is 0. The number of carboxylic acid groups (broad SMARTS) is 1. The highest BCUT2D eigenvalue weighted by atomic mass is 16.5. The molecule has 1 unspecified atom stereocenters. The van der Waals surface area contributed by atoms with E-state index in [1.807, 2.05) is 0 Å². The third-order valence-corrected chi connectivity index (χ3v) is 2.29. The minimum atomic E-state index is -0.953. The van der Waals surface area contributed by atoms with Gasteiger partial charge in [0.05, 0.1) is 14.2 Å². The van der Waals surface area contributed by atoms with E-state index in [1.54, 1.807) is 32.4 Å². The first-order valence-electron chi connectivity index (χ1n) is 4.76. The second-order valence-corrected chi connectivity index (χ2v) is 3.17. The van der Waals surface area contributed by atoms with Crippen molar-refractivity contribution < 1.29 is 19.4 Å². The molecule has 5 nitrogen and oxygen atoms in total. The normalized spacial score (nSPS) is 11.9. The topological polar surface area (TPSA) is 67.8 Å². The monoisotopic (exact) mass is 225 g/mol. The summed E-state index contributed by atoms with van der Waals surface area (Å²) in [4.78, 5) is 11.0. The van der Waals surface area contributed by atoms with Gasteiger partial charge in [-0.15, -0.1) is 0 Å². The fourth-order valence-electron chi connectivity index (χ4n) is 1.47. The Kier molecular flexibility index (Phi) is 4.13. The van der Waals surface area contributed by atoms with Crippen LogP contribution in [0.25, 0.3) is 0 Å². The highest BCUT2D eigenvalue weighted by Gasteiger charge is 2.21. The van der Waals surface area contributed by atoms with E-state index >= 15 is 0 Å². The summed E-state index contributed by atoms with van der Waals surface area (Å²) in [7, 11) is 4.62. The molecule has 5 heteroatoms. The molecule has 0 spiro atoms. The molecule has 2 N–H and O–H groups in total. The zero-order valence-corrected chi connectivity index (χ0v) is 9.48. The van der Waals surface area contributed by atoms with Gasteiger partial charge in [-0.3, -0.25) is 4.79 Å². The first-order valence-corrected chi connectivity index (χ1v) is 4.76. The van der Waals surface area contributed by atoms with Gasteiger partial charge in [0, 0.05) is 11.6 Å². The van der Waals surface area contributed by atoms with Gasteiger partial charge in [0.1, 0.15) is 17.5 Å². The van der Waals surface area contributed by atoms with Crippen LogP contribution in [0, 0.1) is 0 Å². The van der Waals surface area contributed by atoms with Gasteiger partial charge in [-0.2, -0.15) is 0 Å². The summed E-state index contributed by atoms with van der Waals surface area (Å²) in [6, 6.07) is 4.24. The number of methoxy groups -OCH3 is 2. The Labute approximate surface area is 94.0 Å². The van der Waals surface area contributed by atoms with Crippen LogP contribution < -0.4 is 14.8 Å². The van der Waals surface area contributed by atoms with Crippen LogP contribution >= 0.6 is 0 Å². The lowest BCUT2D eigenvalue weighted by molar-refractivity contribution is -0.139. The molecule has 1 rings (SSSR count). The Morgan fingerprint density at radius 1 is 1.38 bits per heavy atom.